The van der Waals surface area contributed by atoms with Crippen molar-refractivity contribution in [1.82, 2.24) is 0 Å². The first-order chi connectivity index (χ1) is 10.7. The maximum Gasteiger partial charge on any atom is 0.268 e. The van der Waals surface area contributed by atoms with Crippen LogP contribution in [0.2, 0.25) is 0 Å². The first-order valence-electron chi connectivity index (χ1n) is 6.96. The minimum atomic E-state index is -0.703. The van der Waals surface area contributed by atoms with Crippen molar-refractivity contribution < 1.29 is 14.4 Å². The van der Waals surface area contributed by atoms with Crippen molar-refractivity contribution in [2.24, 2.45) is 5.16 Å². The van der Waals surface area contributed by atoms with Crippen molar-refractivity contribution in [3.63, 3.8) is 0 Å². The lowest BCUT2D eigenvalue weighted by Crippen LogP contribution is -2.26. The number of carbonyl (C=O) groups excluding carboxylic acids is 1. The van der Waals surface area contributed by atoms with Gasteiger partial charge in [-0.25, -0.2) is 0 Å². The van der Waals surface area contributed by atoms with E-state index in [0.717, 1.165) is 4.88 Å². The van der Waals surface area contributed by atoms with Crippen LogP contribution in [0.15, 0.2) is 46.9 Å². The third kappa shape index (κ3) is 4.60. The highest BCUT2D eigenvalue weighted by Crippen LogP contribution is 2.23. The predicted molar refractivity (Wildman–Crippen MR) is 88.7 cm³/mol. The van der Waals surface area contributed by atoms with Gasteiger partial charge in [-0.05, 0) is 37.4 Å². The Morgan fingerprint density at radius 3 is 2.91 bits per heavy atom. The van der Waals surface area contributed by atoms with Gasteiger partial charge in [0.2, 0.25) is 6.10 Å². The van der Waals surface area contributed by atoms with Crippen LogP contribution in [0.25, 0.3) is 0 Å². The molecular weight excluding hydrogens is 300 g/mol. The molecule has 0 saturated carbocycles. The van der Waals surface area contributed by atoms with Crippen LogP contribution >= 0.6 is 11.3 Å². The third-order valence-corrected chi connectivity index (χ3v) is 3.56. The highest BCUT2D eigenvalue weighted by Gasteiger charge is 2.16. The molecule has 1 amide bonds. The lowest BCUT2D eigenvalue weighted by atomic mass is 10.2. The van der Waals surface area contributed by atoms with Gasteiger partial charge in [-0.2, -0.15) is 0 Å². The smallest absolute Gasteiger partial charge is 0.268 e. The normalized spacial score (nSPS) is 12.1. The van der Waals surface area contributed by atoms with Crippen LogP contribution in [-0.2, 0) is 9.63 Å². The average molecular weight is 318 g/mol. The summed E-state index contributed by atoms with van der Waals surface area (Å²) in [6.45, 7) is 4.07. The number of nitrogens with one attached hydrogen (secondary N) is 1. The molecule has 1 heterocycles. The van der Waals surface area contributed by atoms with E-state index >= 15 is 0 Å². The largest absolute Gasteiger partial charge is 0.492 e. The van der Waals surface area contributed by atoms with Crippen molar-refractivity contribution in [3.8, 4) is 5.75 Å². The van der Waals surface area contributed by atoms with Crippen LogP contribution in [0, 0.1) is 0 Å². The average Bonchev–Trinajstić information content (AvgIpc) is 3.02. The van der Waals surface area contributed by atoms with E-state index in [9.17, 15) is 4.79 Å². The van der Waals surface area contributed by atoms with Crippen molar-refractivity contribution >= 4 is 29.1 Å². The number of thiophene rings is 1. The predicted octanol–water partition coefficient (Wildman–Crippen LogP) is 3.52. The van der Waals surface area contributed by atoms with Crippen LogP contribution in [0.5, 0.6) is 5.75 Å². The molecule has 1 aromatic heterocycles. The second kappa shape index (κ2) is 8.19. The molecule has 22 heavy (non-hydrogen) atoms. The summed E-state index contributed by atoms with van der Waals surface area (Å²) in [6.07, 6.45) is 0.883. The first-order valence-corrected chi connectivity index (χ1v) is 7.84. The van der Waals surface area contributed by atoms with Gasteiger partial charge in [-0.15, -0.1) is 11.3 Å². The Hall–Kier alpha value is -2.34. The van der Waals surface area contributed by atoms with E-state index in [-0.39, 0.29) is 5.91 Å². The molecule has 1 N–H and O–H groups in total. The van der Waals surface area contributed by atoms with Crippen LogP contribution in [0.4, 0.5) is 5.69 Å². The summed E-state index contributed by atoms with van der Waals surface area (Å²) in [5, 5.41) is 8.55. The summed E-state index contributed by atoms with van der Waals surface area (Å²) in [6, 6.07) is 11.1. The molecule has 0 bridgehead atoms. The molecule has 116 valence electrons. The van der Waals surface area contributed by atoms with Gasteiger partial charge in [-0.1, -0.05) is 23.4 Å². The van der Waals surface area contributed by atoms with Crippen molar-refractivity contribution in [3.05, 3.63) is 46.7 Å². The van der Waals surface area contributed by atoms with Gasteiger partial charge in [0, 0.05) is 4.88 Å². The lowest BCUT2D eigenvalue weighted by molar-refractivity contribution is -0.126. The van der Waals surface area contributed by atoms with Crippen LogP contribution < -0.4 is 10.1 Å². The van der Waals surface area contributed by atoms with Crippen molar-refractivity contribution in [2.45, 2.75) is 20.0 Å². The van der Waals surface area contributed by atoms with E-state index in [0.29, 0.717) is 18.0 Å². The number of para-hydroxylation sites is 2. The number of carbonyl (C=O) groups is 1. The molecule has 0 spiro atoms. The number of amides is 1. The maximum atomic E-state index is 12.1. The molecular formula is C16H18N2O3S. The van der Waals surface area contributed by atoms with Crippen LogP contribution in [-0.4, -0.2) is 24.8 Å². The van der Waals surface area contributed by atoms with E-state index in [4.69, 9.17) is 9.57 Å². The topological polar surface area (TPSA) is 59.9 Å². The minimum absolute atomic E-state index is 0.282. The quantitative estimate of drug-likeness (QED) is 0.627. The molecule has 0 aliphatic heterocycles. The summed E-state index contributed by atoms with van der Waals surface area (Å²) in [4.78, 5) is 18.2. The van der Waals surface area contributed by atoms with Gasteiger partial charge >= 0.3 is 0 Å². The van der Waals surface area contributed by atoms with Gasteiger partial charge in [-0.3, -0.25) is 4.79 Å². The molecule has 2 rings (SSSR count). The van der Waals surface area contributed by atoms with Gasteiger partial charge in [0.1, 0.15) is 5.75 Å². The SMILES string of the molecule is CCOc1ccccc1NC(=O)C(C)O/N=C/c1cccs1. The van der Waals surface area contributed by atoms with Gasteiger partial charge in [0.05, 0.1) is 18.5 Å². The molecule has 2 aromatic rings. The number of anilines is 1. The lowest BCUT2D eigenvalue weighted by Gasteiger charge is -2.13. The molecule has 0 radical (unpaired) electrons. The molecule has 0 aliphatic rings. The van der Waals surface area contributed by atoms with Crippen molar-refractivity contribution in [2.75, 3.05) is 11.9 Å². The minimum Gasteiger partial charge on any atom is -0.492 e. The highest BCUT2D eigenvalue weighted by atomic mass is 32.1. The second-order valence-corrected chi connectivity index (χ2v) is 5.40. The zero-order valence-corrected chi connectivity index (χ0v) is 13.3. The fourth-order valence-corrected chi connectivity index (χ4v) is 2.25. The molecule has 1 aromatic carbocycles. The number of benzene rings is 1. The number of nitrogens with zero attached hydrogens (tertiary/aromatic N) is 1. The van der Waals surface area contributed by atoms with E-state index in [2.05, 4.69) is 10.5 Å². The summed E-state index contributed by atoms with van der Waals surface area (Å²) in [5.74, 6) is 0.350. The van der Waals surface area contributed by atoms with E-state index < -0.39 is 6.10 Å². The number of hydrogen-bond acceptors (Lipinski definition) is 5. The van der Waals surface area contributed by atoms with Crippen LogP contribution in [0.3, 0.4) is 0 Å². The molecule has 5 nitrogen and oxygen atoms in total. The Bertz CT molecular complexity index is 626. The van der Waals surface area contributed by atoms with Gasteiger partial charge in [0.25, 0.3) is 5.91 Å². The Balaban J connectivity index is 1.91. The Labute approximate surface area is 133 Å². The Morgan fingerprint density at radius 2 is 2.18 bits per heavy atom. The van der Waals surface area contributed by atoms with E-state index in [1.165, 1.54) is 0 Å². The molecule has 1 unspecified atom stereocenters. The molecule has 6 heteroatoms. The molecule has 0 aliphatic carbocycles. The third-order valence-electron chi connectivity index (χ3n) is 2.76. The zero-order chi connectivity index (χ0) is 15.8. The molecule has 0 fully saturated rings. The Kier molecular flexibility index (Phi) is 5.97. The number of ether oxygens (including phenoxy) is 1. The van der Waals surface area contributed by atoms with Crippen molar-refractivity contribution in [1.29, 1.82) is 0 Å². The van der Waals surface area contributed by atoms with E-state index in [1.807, 2.05) is 36.6 Å². The zero-order valence-electron chi connectivity index (χ0n) is 12.5. The van der Waals surface area contributed by atoms with E-state index in [1.54, 1.807) is 36.6 Å². The standard InChI is InChI=1S/C16H18N2O3S/c1-3-20-15-9-5-4-8-14(15)18-16(19)12(2)21-17-11-13-7-6-10-22-13/h4-12H,3H2,1-2H3,(H,18,19)/b17-11+. The highest BCUT2D eigenvalue weighted by molar-refractivity contribution is 7.11. The van der Waals surface area contributed by atoms with Crippen LogP contribution in [0.1, 0.15) is 18.7 Å². The fourth-order valence-electron chi connectivity index (χ4n) is 1.67. The first kappa shape index (κ1) is 16.0. The van der Waals surface area contributed by atoms with Gasteiger partial charge < -0.3 is 14.9 Å². The summed E-state index contributed by atoms with van der Waals surface area (Å²) >= 11 is 1.55. The number of oxime groups is 1. The number of hydrogen-bond donors (Lipinski definition) is 1. The summed E-state index contributed by atoms with van der Waals surface area (Å²) < 4.78 is 5.46. The summed E-state index contributed by atoms with van der Waals surface area (Å²) in [7, 11) is 0. The fraction of sp³-hybridized carbons (Fsp3) is 0.250. The maximum absolute atomic E-state index is 12.1. The summed E-state index contributed by atoms with van der Waals surface area (Å²) in [5.41, 5.74) is 0.618. The molecule has 0 saturated heterocycles. The molecule has 1 atom stereocenters. The monoisotopic (exact) mass is 318 g/mol. The number of rotatable bonds is 7. The Morgan fingerprint density at radius 1 is 1.36 bits per heavy atom. The van der Waals surface area contributed by atoms with Gasteiger partial charge in [0.15, 0.2) is 0 Å². The second-order valence-electron chi connectivity index (χ2n) is 4.42.